The average Bonchev–Trinajstić information content (AvgIpc) is 3.30. The molecule has 0 saturated heterocycles. The zero-order valence-electron chi connectivity index (χ0n) is 18.4. The Kier molecular flexibility index (Phi) is 5.84. The van der Waals surface area contributed by atoms with Gasteiger partial charge >= 0.3 is 5.97 Å². The van der Waals surface area contributed by atoms with E-state index in [9.17, 15) is 4.79 Å². The number of rotatable bonds is 7. The minimum absolute atomic E-state index is 0.331. The molecule has 2 heterocycles. The van der Waals surface area contributed by atoms with Crippen molar-refractivity contribution in [2.45, 2.75) is 58.1 Å². The van der Waals surface area contributed by atoms with Crippen LogP contribution in [0.15, 0.2) is 24.3 Å². The lowest BCUT2D eigenvalue weighted by Gasteiger charge is -2.17. The number of ether oxygens (including phenoxy) is 2. The molecule has 3 aromatic rings. The van der Waals surface area contributed by atoms with Crippen LogP contribution in [0.5, 0.6) is 0 Å². The van der Waals surface area contributed by atoms with Gasteiger partial charge in [-0.1, -0.05) is 25.7 Å². The number of benzene rings is 1. The van der Waals surface area contributed by atoms with E-state index < -0.39 is 8.07 Å². The average molecular weight is 426 g/mol. The topological polar surface area (TPSA) is 69.1 Å². The maximum absolute atomic E-state index is 12.1. The van der Waals surface area contributed by atoms with Crippen LogP contribution in [0, 0.1) is 0 Å². The van der Waals surface area contributed by atoms with Crippen LogP contribution in [0.3, 0.4) is 0 Å². The lowest BCUT2D eigenvalue weighted by molar-refractivity contribution is 0.0600. The summed E-state index contributed by atoms with van der Waals surface area (Å²) in [6.45, 7) is 8.24. The molecule has 7 heteroatoms. The van der Waals surface area contributed by atoms with Crippen LogP contribution in [-0.2, 0) is 29.0 Å². The van der Waals surface area contributed by atoms with Crippen LogP contribution >= 0.6 is 0 Å². The summed E-state index contributed by atoms with van der Waals surface area (Å²) < 4.78 is 13.2. The molecule has 2 aromatic heterocycles. The molecule has 1 aromatic carbocycles. The first-order valence-corrected chi connectivity index (χ1v) is 14.4. The molecule has 0 aliphatic heterocycles. The van der Waals surface area contributed by atoms with Crippen molar-refractivity contribution in [1.82, 2.24) is 14.8 Å². The Balaban J connectivity index is 1.74. The number of carbonyl (C=O) groups is 1. The molecule has 0 unspecified atom stereocenters. The molecular weight excluding hydrogens is 394 g/mol. The second kappa shape index (κ2) is 8.39. The Morgan fingerprint density at radius 2 is 2.00 bits per heavy atom. The lowest BCUT2D eigenvalue weighted by atomic mass is 9.95. The van der Waals surface area contributed by atoms with Gasteiger partial charge in [-0.15, -0.1) is 0 Å². The highest BCUT2D eigenvalue weighted by Crippen LogP contribution is 2.34. The normalized spacial score (nSPS) is 14.1. The van der Waals surface area contributed by atoms with Gasteiger partial charge in [-0.3, -0.25) is 5.10 Å². The Morgan fingerprint density at radius 3 is 2.77 bits per heavy atom. The van der Waals surface area contributed by atoms with Crippen LogP contribution in [-0.4, -0.2) is 42.5 Å². The highest BCUT2D eigenvalue weighted by Gasteiger charge is 2.22. The van der Waals surface area contributed by atoms with Gasteiger partial charge in [0, 0.05) is 31.3 Å². The number of aromatic amines is 1. The van der Waals surface area contributed by atoms with Crippen LogP contribution in [0.4, 0.5) is 0 Å². The molecule has 0 saturated carbocycles. The summed E-state index contributed by atoms with van der Waals surface area (Å²) in [7, 11) is 0.248. The predicted octanol–water partition coefficient (Wildman–Crippen LogP) is 5.01. The summed E-state index contributed by atoms with van der Waals surface area (Å²) in [5.74, 6) is -0.331. The molecule has 0 fully saturated rings. The number of aryl methyl sites for hydroxylation is 1. The molecule has 4 rings (SSSR count). The SMILES string of the molecule is COC(=O)c1ccc2cc(-c3n[nH]c4c3CCCC4)n(COCC[Si](C)(C)C)c2c1. The molecule has 6 nitrogen and oxygen atoms in total. The van der Waals surface area contributed by atoms with Crippen LogP contribution in [0.2, 0.25) is 25.7 Å². The molecule has 1 aliphatic rings. The standard InChI is InChI=1S/C23H31N3O3Si/c1-28-23(27)17-10-9-16-13-21(22-18-7-5-6-8-19(18)24-25-22)26(20(16)14-17)15-29-11-12-30(2,3)4/h9-10,13-14H,5-8,11-12,15H2,1-4H3,(H,24,25). The van der Waals surface area contributed by atoms with E-state index in [1.807, 2.05) is 18.2 Å². The van der Waals surface area contributed by atoms with Crippen molar-refractivity contribution >= 4 is 24.9 Å². The van der Waals surface area contributed by atoms with Gasteiger partial charge in [-0.2, -0.15) is 5.10 Å². The van der Waals surface area contributed by atoms with Gasteiger partial charge < -0.3 is 14.0 Å². The Morgan fingerprint density at radius 1 is 1.20 bits per heavy atom. The minimum atomic E-state index is -1.16. The molecule has 160 valence electrons. The quantitative estimate of drug-likeness (QED) is 0.328. The Bertz CT molecular complexity index is 1060. The molecular formula is C23H31N3O3Si. The second-order valence-corrected chi connectivity index (χ2v) is 14.9. The smallest absolute Gasteiger partial charge is 0.337 e. The number of carbonyl (C=O) groups excluding carboxylic acids is 1. The van der Waals surface area contributed by atoms with Gasteiger partial charge in [0.25, 0.3) is 0 Å². The van der Waals surface area contributed by atoms with Gasteiger partial charge in [-0.25, -0.2) is 4.79 Å². The van der Waals surface area contributed by atoms with E-state index in [4.69, 9.17) is 9.47 Å². The monoisotopic (exact) mass is 425 g/mol. The highest BCUT2D eigenvalue weighted by atomic mass is 28.3. The number of aromatic nitrogens is 3. The largest absolute Gasteiger partial charge is 0.465 e. The third-order valence-electron chi connectivity index (χ3n) is 5.84. The summed E-state index contributed by atoms with van der Waals surface area (Å²) in [6, 6.07) is 8.96. The molecule has 0 amide bonds. The van der Waals surface area contributed by atoms with E-state index in [1.165, 1.54) is 31.2 Å². The molecule has 0 radical (unpaired) electrons. The maximum Gasteiger partial charge on any atom is 0.337 e. The van der Waals surface area contributed by atoms with Gasteiger partial charge in [0.2, 0.25) is 0 Å². The third kappa shape index (κ3) is 4.22. The van der Waals surface area contributed by atoms with Crippen molar-refractivity contribution in [2.24, 2.45) is 0 Å². The zero-order chi connectivity index (χ0) is 21.3. The molecule has 30 heavy (non-hydrogen) atoms. The molecule has 1 aliphatic carbocycles. The second-order valence-electron chi connectivity index (χ2n) is 9.31. The first-order chi connectivity index (χ1) is 14.4. The van der Waals surface area contributed by atoms with E-state index in [-0.39, 0.29) is 5.97 Å². The van der Waals surface area contributed by atoms with Crippen LogP contribution in [0.1, 0.15) is 34.5 Å². The number of esters is 1. The molecule has 0 atom stereocenters. The number of nitrogens with zero attached hydrogens (tertiary/aromatic N) is 2. The summed E-state index contributed by atoms with van der Waals surface area (Å²) in [6.07, 6.45) is 4.51. The Labute approximate surface area is 178 Å². The van der Waals surface area contributed by atoms with Crippen molar-refractivity contribution in [2.75, 3.05) is 13.7 Å². The summed E-state index contributed by atoms with van der Waals surface area (Å²) in [5, 5.41) is 9.00. The van der Waals surface area contributed by atoms with E-state index >= 15 is 0 Å². The van der Waals surface area contributed by atoms with Gasteiger partial charge in [0.1, 0.15) is 12.4 Å². The maximum atomic E-state index is 12.1. The molecule has 0 bridgehead atoms. The fraction of sp³-hybridized carbons (Fsp3) is 0.478. The molecule has 1 N–H and O–H groups in total. The number of hydrogen-bond acceptors (Lipinski definition) is 4. The van der Waals surface area contributed by atoms with Gasteiger partial charge in [-0.05, 0) is 49.9 Å². The van der Waals surface area contributed by atoms with Crippen molar-refractivity contribution in [3.8, 4) is 11.4 Å². The van der Waals surface area contributed by atoms with Crippen LogP contribution in [0.25, 0.3) is 22.3 Å². The zero-order valence-corrected chi connectivity index (χ0v) is 19.4. The van der Waals surface area contributed by atoms with Gasteiger partial charge in [0.15, 0.2) is 0 Å². The summed E-state index contributed by atoms with van der Waals surface area (Å²) in [5.41, 5.74) is 6.13. The first kappa shape index (κ1) is 20.9. The van der Waals surface area contributed by atoms with Crippen molar-refractivity contribution < 1.29 is 14.3 Å². The van der Waals surface area contributed by atoms with Gasteiger partial charge in [0.05, 0.1) is 23.9 Å². The Hall–Kier alpha value is -2.38. The minimum Gasteiger partial charge on any atom is -0.465 e. The number of methoxy groups -OCH3 is 1. The number of nitrogens with one attached hydrogen (secondary N) is 1. The van der Waals surface area contributed by atoms with E-state index in [2.05, 4.69) is 40.5 Å². The van der Waals surface area contributed by atoms with E-state index in [0.29, 0.717) is 12.3 Å². The van der Waals surface area contributed by atoms with E-state index in [0.717, 1.165) is 47.8 Å². The number of hydrogen-bond donors (Lipinski definition) is 1. The fourth-order valence-electron chi connectivity index (χ4n) is 4.06. The highest BCUT2D eigenvalue weighted by molar-refractivity contribution is 6.76. The number of fused-ring (bicyclic) bond motifs is 2. The van der Waals surface area contributed by atoms with Crippen molar-refractivity contribution in [3.05, 3.63) is 41.1 Å². The van der Waals surface area contributed by atoms with Crippen molar-refractivity contribution in [1.29, 1.82) is 0 Å². The summed E-state index contributed by atoms with van der Waals surface area (Å²) in [4.78, 5) is 12.1. The lowest BCUT2D eigenvalue weighted by Crippen LogP contribution is -2.22. The third-order valence-corrected chi connectivity index (χ3v) is 7.55. The summed E-state index contributed by atoms with van der Waals surface area (Å²) >= 11 is 0. The molecule has 0 spiro atoms. The van der Waals surface area contributed by atoms with Crippen molar-refractivity contribution in [3.63, 3.8) is 0 Å². The first-order valence-electron chi connectivity index (χ1n) is 10.7. The number of H-pyrrole nitrogens is 1. The fourth-order valence-corrected chi connectivity index (χ4v) is 4.82. The van der Waals surface area contributed by atoms with Crippen LogP contribution < -0.4 is 0 Å². The predicted molar refractivity (Wildman–Crippen MR) is 122 cm³/mol. The van der Waals surface area contributed by atoms with E-state index in [1.54, 1.807) is 0 Å².